The van der Waals surface area contributed by atoms with Gasteiger partial charge in [-0.1, -0.05) is 35.4 Å². The summed E-state index contributed by atoms with van der Waals surface area (Å²) in [5.74, 6) is -0.470. The van der Waals surface area contributed by atoms with Gasteiger partial charge < -0.3 is 18.9 Å². The van der Waals surface area contributed by atoms with Gasteiger partial charge in [0, 0.05) is 11.8 Å². The quantitative estimate of drug-likeness (QED) is 0.357. The highest BCUT2D eigenvalue weighted by atomic mass is 16.7. The van der Waals surface area contributed by atoms with Crippen LogP contribution in [0.3, 0.4) is 0 Å². The van der Waals surface area contributed by atoms with Crippen molar-refractivity contribution in [3.63, 3.8) is 0 Å². The van der Waals surface area contributed by atoms with Crippen LogP contribution in [0.1, 0.15) is 12.5 Å². The van der Waals surface area contributed by atoms with E-state index in [2.05, 4.69) is 10.0 Å². The average molecular weight is 319 g/mol. The molecule has 0 N–H and O–H groups in total. The smallest absolute Gasteiger partial charge is 0.303 e. The summed E-state index contributed by atoms with van der Waals surface area (Å²) in [6.07, 6.45) is -2.37. The van der Waals surface area contributed by atoms with Crippen molar-refractivity contribution in [1.82, 2.24) is 0 Å². The lowest BCUT2D eigenvalue weighted by molar-refractivity contribution is -0.209. The van der Waals surface area contributed by atoms with E-state index in [-0.39, 0.29) is 6.10 Å². The number of nitrogens with zero attached hydrogens (tertiary/aromatic N) is 3. The molecule has 2 heterocycles. The Kier molecular flexibility index (Phi) is 4.78. The van der Waals surface area contributed by atoms with E-state index < -0.39 is 30.5 Å². The molecule has 0 radical (unpaired) electrons. The van der Waals surface area contributed by atoms with Crippen molar-refractivity contribution < 1.29 is 23.7 Å². The van der Waals surface area contributed by atoms with Crippen molar-refractivity contribution in [2.24, 2.45) is 5.11 Å². The van der Waals surface area contributed by atoms with Crippen molar-refractivity contribution in [3.05, 3.63) is 46.3 Å². The lowest BCUT2D eigenvalue weighted by atomic mass is 9.99. The number of hydrogen-bond donors (Lipinski definition) is 0. The molecule has 2 aliphatic rings. The summed E-state index contributed by atoms with van der Waals surface area (Å²) in [5.41, 5.74) is 9.74. The van der Waals surface area contributed by atoms with Gasteiger partial charge in [-0.05, 0) is 11.1 Å². The van der Waals surface area contributed by atoms with Crippen molar-refractivity contribution in [3.8, 4) is 0 Å². The molecule has 2 saturated heterocycles. The van der Waals surface area contributed by atoms with Crippen LogP contribution >= 0.6 is 0 Å². The number of carbonyl (C=O) groups excluding carboxylic acids is 1. The topological polar surface area (TPSA) is 103 Å². The fraction of sp³-hybridized carbons (Fsp3) is 0.533. The van der Waals surface area contributed by atoms with E-state index in [4.69, 9.17) is 24.5 Å². The minimum atomic E-state index is -0.775. The number of azide groups is 1. The second kappa shape index (κ2) is 6.97. The number of esters is 1. The average Bonchev–Trinajstić information content (AvgIpc) is 2.97. The summed E-state index contributed by atoms with van der Waals surface area (Å²) in [6.45, 7) is 1.94. The second-order valence-electron chi connectivity index (χ2n) is 5.41. The number of hydrogen-bond acceptors (Lipinski definition) is 6. The Morgan fingerprint density at radius 3 is 2.87 bits per heavy atom. The van der Waals surface area contributed by atoms with Crippen LogP contribution in [0, 0.1) is 0 Å². The van der Waals surface area contributed by atoms with Gasteiger partial charge in [0.15, 0.2) is 6.29 Å². The molecular formula is C15H17N3O5. The summed E-state index contributed by atoms with van der Waals surface area (Å²) in [4.78, 5) is 14.2. The van der Waals surface area contributed by atoms with Gasteiger partial charge in [-0.3, -0.25) is 4.79 Å². The third-order valence-corrected chi connectivity index (χ3v) is 3.81. The van der Waals surface area contributed by atoms with Crippen LogP contribution in [-0.4, -0.2) is 43.2 Å². The third kappa shape index (κ3) is 3.46. The van der Waals surface area contributed by atoms with Gasteiger partial charge in [-0.15, -0.1) is 0 Å². The van der Waals surface area contributed by atoms with Gasteiger partial charge in [-0.25, -0.2) is 0 Å². The Labute approximate surface area is 132 Å². The predicted molar refractivity (Wildman–Crippen MR) is 78.1 cm³/mol. The first-order valence-electron chi connectivity index (χ1n) is 7.33. The SMILES string of the molecule is CC(=O)O[C@@H]1[C@@H](N=[N+]=[N-])[C@@H]2OC[C@@H](O2)[C@H]1OCc1ccccc1. The maximum atomic E-state index is 11.4. The summed E-state index contributed by atoms with van der Waals surface area (Å²) in [5, 5.41) is 3.68. The lowest BCUT2D eigenvalue weighted by Crippen LogP contribution is -2.55. The van der Waals surface area contributed by atoms with Crippen LogP contribution in [0.25, 0.3) is 10.4 Å². The Balaban J connectivity index is 1.78. The monoisotopic (exact) mass is 319 g/mol. The molecular weight excluding hydrogens is 302 g/mol. The van der Waals surface area contributed by atoms with Crippen molar-refractivity contribution in [2.75, 3.05) is 6.61 Å². The first kappa shape index (κ1) is 15.8. The van der Waals surface area contributed by atoms with E-state index in [1.54, 1.807) is 0 Å². The van der Waals surface area contributed by atoms with Gasteiger partial charge in [0.2, 0.25) is 0 Å². The minimum Gasteiger partial charge on any atom is -0.459 e. The van der Waals surface area contributed by atoms with Gasteiger partial charge in [-0.2, -0.15) is 0 Å². The number of ether oxygens (including phenoxy) is 4. The van der Waals surface area contributed by atoms with E-state index >= 15 is 0 Å². The van der Waals surface area contributed by atoms with E-state index in [9.17, 15) is 4.79 Å². The van der Waals surface area contributed by atoms with Gasteiger partial charge in [0.25, 0.3) is 0 Å². The molecule has 2 bridgehead atoms. The Bertz CT molecular complexity index is 604. The highest BCUT2D eigenvalue weighted by Crippen LogP contribution is 2.34. The Morgan fingerprint density at radius 2 is 2.17 bits per heavy atom. The van der Waals surface area contributed by atoms with Gasteiger partial charge in [0.05, 0.1) is 13.2 Å². The van der Waals surface area contributed by atoms with Crippen LogP contribution in [-0.2, 0) is 30.3 Å². The Hall–Kier alpha value is -2.12. The molecule has 0 amide bonds. The molecule has 0 aliphatic carbocycles. The standard InChI is InChI=1S/C15H17N3O5/c1-9(19)22-14-12(17-18-16)15-21-8-11(23-15)13(14)20-7-10-5-3-2-4-6-10/h2-6,11-15H,7-8H2,1H3/t11-,12-,13-,14-,15-/m1/s1. The van der Waals surface area contributed by atoms with Crippen molar-refractivity contribution >= 4 is 5.97 Å². The highest BCUT2D eigenvalue weighted by Gasteiger charge is 2.52. The molecule has 2 aliphatic heterocycles. The number of benzene rings is 1. The second-order valence-corrected chi connectivity index (χ2v) is 5.41. The maximum absolute atomic E-state index is 11.4. The van der Waals surface area contributed by atoms with E-state index in [0.717, 1.165) is 5.56 Å². The first-order valence-corrected chi connectivity index (χ1v) is 7.33. The van der Waals surface area contributed by atoms with Gasteiger partial charge in [0.1, 0.15) is 24.4 Å². The number of fused-ring (bicyclic) bond motifs is 2. The van der Waals surface area contributed by atoms with E-state index in [1.165, 1.54) is 6.92 Å². The zero-order valence-electron chi connectivity index (χ0n) is 12.6. The summed E-state index contributed by atoms with van der Waals surface area (Å²) in [6, 6.07) is 8.84. The highest BCUT2D eigenvalue weighted by molar-refractivity contribution is 5.66. The fourth-order valence-corrected chi connectivity index (χ4v) is 2.83. The Morgan fingerprint density at radius 1 is 1.39 bits per heavy atom. The molecule has 0 spiro atoms. The zero-order chi connectivity index (χ0) is 16.2. The zero-order valence-corrected chi connectivity index (χ0v) is 12.6. The molecule has 3 rings (SSSR count). The van der Waals surface area contributed by atoms with Crippen molar-refractivity contribution in [2.45, 2.75) is 44.2 Å². The largest absolute Gasteiger partial charge is 0.459 e. The summed E-state index contributed by atoms with van der Waals surface area (Å²) >= 11 is 0. The minimum absolute atomic E-state index is 0.305. The van der Waals surface area contributed by atoms with Crippen molar-refractivity contribution in [1.29, 1.82) is 0 Å². The molecule has 8 heteroatoms. The molecule has 2 fully saturated rings. The molecule has 1 aromatic rings. The number of carbonyl (C=O) groups is 1. The summed E-state index contributed by atoms with van der Waals surface area (Å²) < 4.78 is 22.4. The summed E-state index contributed by atoms with van der Waals surface area (Å²) in [7, 11) is 0. The molecule has 23 heavy (non-hydrogen) atoms. The van der Waals surface area contributed by atoms with Crippen LogP contribution in [0.2, 0.25) is 0 Å². The first-order chi connectivity index (χ1) is 11.2. The van der Waals surface area contributed by atoms with Gasteiger partial charge >= 0.3 is 5.97 Å². The van der Waals surface area contributed by atoms with Crippen LogP contribution in [0.15, 0.2) is 35.4 Å². The van der Waals surface area contributed by atoms with Crippen LogP contribution < -0.4 is 0 Å². The molecule has 0 unspecified atom stereocenters. The van der Waals surface area contributed by atoms with Crippen LogP contribution in [0.4, 0.5) is 0 Å². The molecule has 0 aromatic heterocycles. The molecule has 0 saturated carbocycles. The molecule has 8 nitrogen and oxygen atoms in total. The maximum Gasteiger partial charge on any atom is 0.303 e. The predicted octanol–water partition coefficient (Wildman–Crippen LogP) is 1.94. The molecule has 1 aromatic carbocycles. The normalized spacial score (nSPS) is 32.1. The fourth-order valence-electron chi connectivity index (χ4n) is 2.83. The molecule has 5 atom stereocenters. The van der Waals surface area contributed by atoms with E-state index in [0.29, 0.717) is 13.2 Å². The van der Waals surface area contributed by atoms with E-state index in [1.807, 2.05) is 30.3 Å². The lowest BCUT2D eigenvalue weighted by Gasteiger charge is -2.38. The van der Waals surface area contributed by atoms with Crippen LogP contribution in [0.5, 0.6) is 0 Å². The third-order valence-electron chi connectivity index (χ3n) is 3.81. The molecule has 122 valence electrons. The number of rotatable bonds is 5.